The highest BCUT2D eigenvalue weighted by molar-refractivity contribution is 6.23. The smallest absolute Gasteiger partial charge is 0.0992 e. The minimum atomic E-state index is 0.634. The molecule has 82 heavy (non-hydrogen) atoms. The second-order valence-electron chi connectivity index (χ2n) is 21.5. The van der Waals surface area contributed by atoms with Gasteiger partial charge in [-0.05, 0) is 184 Å². The molecule has 0 aliphatic heterocycles. The Balaban J connectivity index is 0.896. The van der Waals surface area contributed by atoms with Crippen molar-refractivity contribution in [1.82, 2.24) is 9.13 Å². The number of nitriles is 2. The van der Waals surface area contributed by atoms with Gasteiger partial charge in [-0.3, -0.25) is 0 Å². The van der Waals surface area contributed by atoms with E-state index in [4.69, 9.17) is 0 Å². The average molecular weight is 1040 g/mol. The molecule has 4 heteroatoms. The van der Waals surface area contributed by atoms with E-state index in [1.165, 1.54) is 54.2 Å². The van der Waals surface area contributed by atoms with Crippen molar-refractivity contribution < 1.29 is 0 Å². The average Bonchev–Trinajstić information content (AvgIpc) is 4.22. The Labute approximate surface area is 473 Å². The number of nitrogens with zero attached hydrogens (tertiary/aromatic N) is 4. The fourth-order valence-electron chi connectivity index (χ4n) is 13.0. The first-order valence-corrected chi connectivity index (χ1v) is 27.7. The first-order valence-electron chi connectivity index (χ1n) is 27.7. The van der Waals surface area contributed by atoms with Crippen molar-refractivity contribution >= 4 is 86.7 Å². The summed E-state index contributed by atoms with van der Waals surface area (Å²) in [5, 5.41) is 33.9. The lowest BCUT2D eigenvalue weighted by atomic mass is 9.83. The molecule has 0 saturated heterocycles. The number of aromatic nitrogens is 2. The zero-order valence-corrected chi connectivity index (χ0v) is 44.3. The zero-order chi connectivity index (χ0) is 54.4. The van der Waals surface area contributed by atoms with Gasteiger partial charge in [-0.25, -0.2) is 0 Å². The first kappa shape index (κ1) is 46.8. The Kier molecular flexibility index (Phi) is 10.7. The molecule has 4 nitrogen and oxygen atoms in total. The van der Waals surface area contributed by atoms with Gasteiger partial charge >= 0.3 is 0 Å². The van der Waals surface area contributed by atoms with E-state index in [2.05, 4.69) is 264 Å². The number of rotatable bonds is 7. The molecule has 0 saturated carbocycles. The summed E-state index contributed by atoms with van der Waals surface area (Å²) in [6.07, 6.45) is 0. The topological polar surface area (TPSA) is 57.4 Å². The molecular formula is C78H46N4. The van der Waals surface area contributed by atoms with Gasteiger partial charge in [0.1, 0.15) is 0 Å². The summed E-state index contributed by atoms with van der Waals surface area (Å²) in [7, 11) is 0. The highest BCUT2D eigenvalue weighted by Gasteiger charge is 2.22. The third kappa shape index (κ3) is 7.51. The van der Waals surface area contributed by atoms with Crippen LogP contribution in [0.25, 0.3) is 154 Å². The molecule has 0 aliphatic rings. The van der Waals surface area contributed by atoms with Gasteiger partial charge in [-0.1, -0.05) is 194 Å². The summed E-state index contributed by atoms with van der Waals surface area (Å²) in [4.78, 5) is 0. The van der Waals surface area contributed by atoms with Crippen molar-refractivity contribution in [3.8, 4) is 79.1 Å². The maximum Gasteiger partial charge on any atom is 0.0992 e. The number of hydrogen-bond acceptors (Lipinski definition) is 2. The van der Waals surface area contributed by atoms with Crippen molar-refractivity contribution in [2.45, 2.75) is 0 Å². The lowest BCUT2D eigenvalue weighted by Gasteiger charge is -2.20. The van der Waals surface area contributed by atoms with Gasteiger partial charge in [0, 0.05) is 32.9 Å². The molecule has 16 aromatic rings. The minimum absolute atomic E-state index is 0.634. The van der Waals surface area contributed by atoms with E-state index in [1.807, 2.05) is 36.4 Å². The molecule has 2 aromatic heterocycles. The summed E-state index contributed by atoms with van der Waals surface area (Å²) in [5.74, 6) is 0. The quantitative estimate of drug-likeness (QED) is 0.149. The van der Waals surface area contributed by atoms with Gasteiger partial charge in [0.15, 0.2) is 0 Å². The van der Waals surface area contributed by atoms with Crippen LogP contribution in [0.5, 0.6) is 0 Å². The molecule has 0 fully saturated rings. The second kappa shape index (κ2) is 18.7. The SMILES string of the molecule is N#Cc1ccc2c3ccc(-c4ccc(-c5ccc6c(-c7ccc8ccccc8c7)c7cc(-c8ccc9c%10ccc(C#N)cc%10n(-c%10ccccc%10)c9c8)ccc7c(-c7ccc8ccccc8c7)c6c5)cc4)cc3n(-c3ccccc3)c2c1. The maximum atomic E-state index is 10.0. The molecule has 0 aliphatic carbocycles. The monoisotopic (exact) mass is 1040 g/mol. The van der Waals surface area contributed by atoms with Crippen LogP contribution in [0.2, 0.25) is 0 Å². The van der Waals surface area contributed by atoms with E-state index in [0.717, 1.165) is 99.5 Å². The zero-order valence-electron chi connectivity index (χ0n) is 44.3. The van der Waals surface area contributed by atoms with E-state index in [9.17, 15) is 10.5 Å². The fraction of sp³-hybridized carbons (Fsp3) is 0. The summed E-state index contributed by atoms with van der Waals surface area (Å²) >= 11 is 0. The predicted molar refractivity (Wildman–Crippen MR) is 342 cm³/mol. The highest BCUT2D eigenvalue weighted by Crippen LogP contribution is 2.48. The van der Waals surface area contributed by atoms with Crippen LogP contribution in [-0.2, 0) is 0 Å². The minimum Gasteiger partial charge on any atom is -0.309 e. The van der Waals surface area contributed by atoms with Gasteiger partial charge in [0.05, 0.1) is 45.3 Å². The van der Waals surface area contributed by atoms with Crippen molar-refractivity contribution in [2.24, 2.45) is 0 Å². The van der Waals surface area contributed by atoms with E-state index in [-0.39, 0.29) is 0 Å². The lowest BCUT2D eigenvalue weighted by Crippen LogP contribution is -1.94. The molecule has 16 rings (SSSR count). The van der Waals surface area contributed by atoms with E-state index >= 15 is 0 Å². The summed E-state index contributed by atoms with van der Waals surface area (Å²) in [5.41, 5.74) is 19.0. The van der Waals surface area contributed by atoms with Crippen LogP contribution in [0, 0.1) is 22.7 Å². The number of benzene rings is 14. The van der Waals surface area contributed by atoms with Crippen LogP contribution in [0.15, 0.2) is 279 Å². The molecule has 14 aromatic carbocycles. The maximum absolute atomic E-state index is 10.0. The molecule has 0 amide bonds. The van der Waals surface area contributed by atoms with Gasteiger partial charge in [-0.15, -0.1) is 0 Å². The van der Waals surface area contributed by atoms with Crippen molar-refractivity contribution in [3.05, 3.63) is 290 Å². The molecule has 0 spiro atoms. The van der Waals surface area contributed by atoms with Crippen molar-refractivity contribution in [3.63, 3.8) is 0 Å². The normalized spacial score (nSPS) is 11.6. The van der Waals surface area contributed by atoms with Crippen molar-refractivity contribution in [2.75, 3.05) is 0 Å². The Morgan fingerprint density at radius 1 is 0.220 bits per heavy atom. The molecule has 0 bridgehead atoms. The molecule has 2 heterocycles. The van der Waals surface area contributed by atoms with Crippen LogP contribution in [-0.4, -0.2) is 9.13 Å². The first-order chi connectivity index (χ1) is 40.5. The summed E-state index contributed by atoms with van der Waals surface area (Å²) in [6.45, 7) is 0. The number of hydrogen-bond donors (Lipinski definition) is 0. The standard InChI is InChI=1S/C78H46N4/c79-47-49-19-33-65-67-35-29-59(45-75(67)81(73(65)39-49)63-15-3-1-4-16-63)54-23-21-53(22-24-54)57-31-37-69-71(43-57)77(61-27-25-51-11-7-9-13-55(51)41-61)70-38-32-58(44-72(70)78(69)62-28-26-52-12-8-10-14-56(52)42-62)60-30-36-68-66-34-20-50(48-80)40-74(66)82(76(68)46-60)64-17-5-2-6-18-64/h1-46H. The Morgan fingerprint density at radius 3 is 0.963 bits per heavy atom. The van der Waals surface area contributed by atoms with Gasteiger partial charge in [-0.2, -0.15) is 10.5 Å². The van der Waals surface area contributed by atoms with Crippen LogP contribution in [0.4, 0.5) is 0 Å². The van der Waals surface area contributed by atoms with Gasteiger partial charge in [0.2, 0.25) is 0 Å². The third-order valence-electron chi connectivity index (χ3n) is 16.9. The van der Waals surface area contributed by atoms with Crippen molar-refractivity contribution in [1.29, 1.82) is 10.5 Å². The van der Waals surface area contributed by atoms with E-state index < -0.39 is 0 Å². The van der Waals surface area contributed by atoms with Crippen LogP contribution in [0.1, 0.15) is 11.1 Å². The molecular weight excluding hydrogens is 993 g/mol. The molecule has 378 valence electrons. The Bertz CT molecular complexity index is 5400. The summed E-state index contributed by atoms with van der Waals surface area (Å²) < 4.78 is 4.58. The Hall–Kier alpha value is -11.3. The largest absolute Gasteiger partial charge is 0.309 e. The molecule has 0 atom stereocenters. The Morgan fingerprint density at radius 2 is 0.537 bits per heavy atom. The van der Waals surface area contributed by atoms with E-state index in [1.54, 1.807) is 0 Å². The number of fused-ring (bicyclic) bond motifs is 10. The molecule has 0 N–H and O–H groups in total. The van der Waals surface area contributed by atoms with Crippen LogP contribution >= 0.6 is 0 Å². The third-order valence-corrected chi connectivity index (χ3v) is 16.9. The molecule has 0 unspecified atom stereocenters. The highest BCUT2D eigenvalue weighted by atomic mass is 15.0. The lowest BCUT2D eigenvalue weighted by molar-refractivity contribution is 1.18. The number of para-hydroxylation sites is 2. The fourth-order valence-corrected chi connectivity index (χ4v) is 13.0. The van der Waals surface area contributed by atoms with Crippen LogP contribution in [0.3, 0.4) is 0 Å². The predicted octanol–water partition coefficient (Wildman–Crippen LogP) is 20.6. The van der Waals surface area contributed by atoms with Gasteiger partial charge < -0.3 is 9.13 Å². The van der Waals surface area contributed by atoms with Crippen LogP contribution < -0.4 is 0 Å². The van der Waals surface area contributed by atoms with Gasteiger partial charge in [0.25, 0.3) is 0 Å². The molecule has 0 radical (unpaired) electrons. The van der Waals surface area contributed by atoms with E-state index in [0.29, 0.717) is 11.1 Å². The summed E-state index contributed by atoms with van der Waals surface area (Å²) in [6, 6.07) is 105. The second-order valence-corrected chi connectivity index (χ2v) is 21.5.